The minimum Gasteiger partial charge on any atom is -0.294 e. The Morgan fingerprint density at radius 2 is 1.76 bits per heavy atom. The Hall–Kier alpha value is -1.11. The monoisotopic (exact) mass is 228 g/mol. The molecule has 0 heterocycles. The van der Waals surface area contributed by atoms with E-state index in [1.54, 1.807) is 0 Å². The molecule has 0 unspecified atom stereocenters. The molecule has 1 aromatic carbocycles. The molecule has 0 radical (unpaired) electrons. The molecule has 1 heteroatoms. The summed E-state index contributed by atoms with van der Waals surface area (Å²) in [4.78, 5) is 12.2. The molecule has 2 atom stereocenters. The number of ketones is 1. The van der Waals surface area contributed by atoms with Crippen LogP contribution < -0.4 is 0 Å². The van der Waals surface area contributed by atoms with Crippen molar-refractivity contribution in [1.29, 1.82) is 0 Å². The summed E-state index contributed by atoms with van der Waals surface area (Å²) in [7, 11) is 0. The zero-order valence-corrected chi connectivity index (χ0v) is 10.5. The minimum absolute atomic E-state index is 0.204. The summed E-state index contributed by atoms with van der Waals surface area (Å²) in [5.74, 6) is 1.82. The Kier molecular flexibility index (Phi) is 2.78. The standard InChI is InChI=1S/C16H20O/c1-11-15(12-7-3-2-4-8-12)13-9-5-6-10-14(13)16(11)17/h5-6,9-12,15H,2-4,7-8H2,1H3/t11-,15-/m0/s1. The SMILES string of the molecule is C[C@@H]1C(=O)c2ccccc2[C@@H]1C1CCCCC1. The van der Waals surface area contributed by atoms with Crippen LogP contribution in [0.1, 0.15) is 60.9 Å². The van der Waals surface area contributed by atoms with E-state index in [1.165, 1.54) is 37.7 Å². The maximum atomic E-state index is 12.2. The van der Waals surface area contributed by atoms with Crippen molar-refractivity contribution in [2.75, 3.05) is 0 Å². The van der Waals surface area contributed by atoms with E-state index >= 15 is 0 Å². The van der Waals surface area contributed by atoms with Crippen LogP contribution in [0.2, 0.25) is 0 Å². The fraction of sp³-hybridized carbons (Fsp3) is 0.562. The smallest absolute Gasteiger partial charge is 0.166 e. The lowest BCUT2D eigenvalue weighted by Crippen LogP contribution is -2.20. The molecule has 0 aliphatic heterocycles. The normalized spacial score (nSPS) is 29.4. The van der Waals surface area contributed by atoms with Crippen molar-refractivity contribution in [3.8, 4) is 0 Å². The topological polar surface area (TPSA) is 17.1 Å². The molecule has 1 nitrogen and oxygen atoms in total. The number of Topliss-reactive ketones (excluding diaryl/α,β-unsaturated/α-hetero) is 1. The Bertz CT molecular complexity index is 429. The van der Waals surface area contributed by atoms with Crippen LogP contribution in [0.3, 0.4) is 0 Å². The highest BCUT2D eigenvalue weighted by atomic mass is 16.1. The summed E-state index contributed by atoms with van der Waals surface area (Å²) in [6.45, 7) is 2.13. The molecule has 0 bridgehead atoms. The molecule has 90 valence electrons. The third-order valence-electron chi connectivity index (χ3n) is 4.70. The quantitative estimate of drug-likeness (QED) is 0.704. The summed E-state index contributed by atoms with van der Waals surface area (Å²) < 4.78 is 0. The molecule has 2 aliphatic carbocycles. The molecule has 17 heavy (non-hydrogen) atoms. The van der Waals surface area contributed by atoms with Gasteiger partial charge in [-0.1, -0.05) is 50.5 Å². The molecular formula is C16H20O. The van der Waals surface area contributed by atoms with Crippen molar-refractivity contribution in [2.24, 2.45) is 11.8 Å². The summed E-state index contributed by atoms with van der Waals surface area (Å²) in [5, 5.41) is 0. The van der Waals surface area contributed by atoms with Crippen LogP contribution in [0, 0.1) is 11.8 Å². The van der Waals surface area contributed by atoms with E-state index in [1.807, 2.05) is 12.1 Å². The highest BCUT2D eigenvalue weighted by Crippen LogP contribution is 2.46. The molecule has 1 fully saturated rings. The first-order valence-corrected chi connectivity index (χ1v) is 6.92. The molecule has 0 aromatic heterocycles. The molecule has 0 saturated heterocycles. The van der Waals surface area contributed by atoms with Crippen molar-refractivity contribution < 1.29 is 4.79 Å². The summed E-state index contributed by atoms with van der Waals surface area (Å²) in [6, 6.07) is 8.26. The zero-order valence-electron chi connectivity index (χ0n) is 10.5. The largest absolute Gasteiger partial charge is 0.294 e. The highest BCUT2D eigenvalue weighted by molar-refractivity contribution is 6.03. The van der Waals surface area contributed by atoms with Gasteiger partial charge in [-0.3, -0.25) is 4.79 Å². The maximum Gasteiger partial charge on any atom is 0.166 e. The Morgan fingerprint density at radius 3 is 2.53 bits per heavy atom. The van der Waals surface area contributed by atoms with Gasteiger partial charge in [-0.25, -0.2) is 0 Å². The first-order chi connectivity index (χ1) is 8.29. The molecule has 0 N–H and O–H groups in total. The van der Waals surface area contributed by atoms with Crippen LogP contribution >= 0.6 is 0 Å². The van der Waals surface area contributed by atoms with Crippen molar-refractivity contribution >= 4 is 5.78 Å². The van der Waals surface area contributed by atoms with Gasteiger partial charge in [0.15, 0.2) is 5.78 Å². The summed E-state index contributed by atoms with van der Waals surface area (Å²) >= 11 is 0. The summed E-state index contributed by atoms with van der Waals surface area (Å²) in [6.07, 6.45) is 6.72. The lowest BCUT2D eigenvalue weighted by molar-refractivity contribution is 0.0913. The number of benzene rings is 1. The van der Waals surface area contributed by atoms with Crippen molar-refractivity contribution in [3.05, 3.63) is 35.4 Å². The van der Waals surface area contributed by atoms with Crippen molar-refractivity contribution in [1.82, 2.24) is 0 Å². The number of hydrogen-bond acceptors (Lipinski definition) is 1. The molecule has 0 amide bonds. The van der Waals surface area contributed by atoms with Gasteiger partial charge in [0, 0.05) is 11.5 Å². The molecule has 0 spiro atoms. The van der Waals surface area contributed by atoms with Gasteiger partial charge in [0.05, 0.1) is 0 Å². The lowest BCUT2D eigenvalue weighted by Gasteiger charge is -2.30. The zero-order chi connectivity index (χ0) is 11.8. The van der Waals surface area contributed by atoms with Gasteiger partial charge in [0.1, 0.15) is 0 Å². The van der Waals surface area contributed by atoms with E-state index in [-0.39, 0.29) is 5.92 Å². The summed E-state index contributed by atoms with van der Waals surface area (Å²) in [5.41, 5.74) is 2.33. The third-order valence-corrected chi connectivity index (χ3v) is 4.70. The van der Waals surface area contributed by atoms with Gasteiger partial charge >= 0.3 is 0 Å². The van der Waals surface area contributed by atoms with Gasteiger partial charge in [-0.2, -0.15) is 0 Å². The Morgan fingerprint density at radius 1 is 1.06 bits per heavy atom. The van der Waals surface area contributed by atoms with Gasteiger partial charge in [0.25, 0.3) is 0 Å². The van der Waals surface area contributed by atoms with Crippen LogP contribution in [-0.2, 0) is 0 Å². The number of hydrogen-bond donors (Lipinski definition) is 0. The van der Waals surface area contributed by atoms with E-state index < -0.39 is 0 Å². The van der Waals surface area contributed by atoms with Gasteiger partial charge in [-0.15, -0.1) is 0 Å². The number of carbonyl (C=O) groups excluding carboxylic acids is 1. The molecule has 1 saturated carbocycles. The van der Waals surface area contributed by atoms with E-state index in [0.717, 1.165) is 11.5 Å². The maximum absolute atomic E-state index is 12.2. The van der Waals surface area contributed by atoms with E-state index in [4.69, 9.17) is 0 Å². The number of fused-ring (bicyclic) bond motifs is 1. The van der Waals surface area contributed by atoms with Crippen LogP contribution in [0.25, 0.3) is 0 Å². The van der Waals surface area contributed by atoms with Crippen LogP contribution in [0.4, 0.5) is 0 Å². The van der Waals surface area contributed by atoms with Gasteiger partial charge in [0.2, 0.25) is 0 Å². The third kappa shape index (κ3) is 1.72. The second-order valence-electron chi connectivity index (χ2n) is 5.66. The number of rotatable bonds is 1. The molecular weight excluding hydrogens is 208 g/mol. The highest BCUT2D eigenvalue weighted by Gasteiger charge is 2.40. The van der Waals surface area contributed by atoms with E-state index in [2.05, 4.69) is 19.1 Å². The van der Waals surface area contributed by atoms with Crippen LogP contribution in [-0.4, -0.2) is 5.78 Å². The van der Waals surface area contributed by atoms with Crippen molar-refractivity contribution in [3.63, 3.8) is 0 Å². The second kappa shape index (κ2) is 4.29. The molecule has 2 aliphatic rings. The fourth-order valence-corrected chi connectivity index (χ4v) is 3.85. The van der Waals surface area contributed by atoms with Crippen LogP contribution in [0.15, 0.2) is 24.3 Å². The number of carbonyl (C=O) groups is 1. The van der Waals surface area contributed by atoms with Gasteiger partial charge < -0.3 is 0 Å². The predicted octanol–water partition coefficient (Wildman–Crippen LogP) is 4.18. The molecule has 3 rings (SSSR count). The Labute approximate surface area is 103 Å². The average molecular weight is 228 g/mol. The Balaban J connectivity index is 1.96. The first kappa shape index (κ1) is 11.0. The van der Waals surface area contributed by atoms with E-state index in [9.17, 15) is 4.79 Å². The van der Waals surface area contributed by atoms with Crippen molar-refractivity contribution in [2.45, 2.75) is 44.9 Å². The first-order valence-electron chi connectivity index (χ1n) is 6.92. The minimum atomic E-state index is 0.204. The average Bonchev–Trinajstić information content (AvgIpc) is 2.64. The van der Waals surface area contributed by atoms with E-state index in [0.29, 0.717) is 11.7 Å². The molecule has 1 aromatic rings. The fourth-order valence-electron chi connectivity index (χ4n) is 3.85. The predicted molar refractivity (Wildman–Crippen MR) is 69.3 cm³/mol. The second-order valence-corrected chi connectivity index (χ2v) is 5.66. The van der Waals surface area contributed by atoms with Crippen LogP contribution in [0.5, 0.6) is 0 Å². The lowest BCUT2D eigenvalue weighted by atomic mass is 9.74. The van der Waals surface area contributed by atoms with Gasteiger partial charge in [-0.05, 0) is 30.2 Å².